The molecule has 0 saturated carbocycles. The lowest BCUT2D eigenvalue weighted by atomic mass is 10.2. The Morgan fingerprint density at radius 3 is 2.87 bits per heavy atom. The highest BCUT2D eigenvalue weighted by molar-refractivity contribution is 7.99. The van der Waals surface area contributed by atoms with E-state index >= 15 is 0 Å². The number of carbonyl (C=O) groups excluding carboxylic acids is 1. The predicted molar refractivity (Wildman–Crippen MR) is 95.6 cm³/mol. The van der Waals surface area contributed by atoms with Gasteiger partial charge in [0.25, 0.3) is 0 Å². The number of hydrogen-bond donors (Lipinski definition) is 0. The number of aromatic nitrogens is 3. The second kappa shape index (κ2) is 6.76. The molecule has 0 aliphatic carbocycles. The molecule has 6 heteroatoms. The molecule has 0 unspecified atom stereocenters. The molecule has 23 heavy (non-hydrogen) atoms. The number of hydrogen-bond acceptors (Lipinski definition) is 4. The largest absolute Gasteiger partial charge is 0.343 e. The zero-order chi connectivity index (χ0) is 16.4. The van der Waals surface area contributed by atoms with E-state index in [1.807, 2.05) is 30.8 Å². The van der Waals surface area contributed by atoms with Gasteiger partial charge in [-0.15, -0.1) is 11.3 Å². The van der Waals surface area contributed by atoms with E-state index in [0.29, 0.717) is 5.75 Å². The summed E-state index contributed by atoms with van der Waals surface area (Å²) in [5.74, 6) is 0.567. The van der Waals surface area contributed by atoms with Gasteiger partial charge in [0, 0.05) is 41.3 Å². The minimum Gasteiger partial charge on any atom is -0.343 e. The van der Waals surface area contributed by atoms with Gasteiger partial charge in [-0.1, -0.05) is 17.8 Å². The molecular weight excluding hydrogens is 326 g/mol. The fourth-order valence-corrected chi connectivity index (χ4v) is 4.09. The molecule has 3 aromatic heterocycles. The third-order valence-corrected chi connectivity index (χ3v) is 5.80. The average molecular weight is 345 g/mol. The molecule has 3 aromatic rings. The Labute approximate surface area is 144 Å². The van der Waals surface area contributed by atoms with Crippen LogP contribution in [0.5, 0.6) is 0 Å². The van der Waals surface area contributed by atoms with Gasteiger partial charge in [-0.2, -0.15) is 0 Å². The first-order valence-corrected chi connectivity index (χ1v) is 9.25. The Balaban J connectivity index is 1.75. The van der Waals surface area contributed by atoms with Gasteiger partial charge in [-0.25, -0.2) is 4.98 Å². The molecule has 0 spiro atoms. The van der Waals surface area contributed by atoms with Crippen molar-refractivity contribution in [3.8, 4) is 0 Å². The minimum absolute atomic E-state index is 0.156. The van der Waals surface area contributed by atoms with Crippen molar-refractivity contribution in [2.75, 3.05) is 5.75 Å². The molecule has 0 saturated heterocycles. The number of rotatable bonds is 6. The van der Waals surface area contributed by atoms with Crippen molar-refractivity contribution in [1.82, 2.24) is 14.1 Å². The van der Waals surface area contributed by atoms with Crippen LogP contribution < -0.4 is 0 Å². The lowest BCUT2D eigenvalue weighted by Gasteiger charge is -2.08. The van der Waals surface area contributed by atoms with Crippen molar-refractivity contribution >= 4 is 28.9 Å². The van der Waals surface area contributed by atoms with Gasteiger partial charge in [0.1, 0.15) is 0 Å². The lowest BCUT2D eigenvalue weighted by Crippen LogP contribution is -2.07. The number of Topliss-reactive ketones (excluding diaryl/α,β-unsaturated/α-hetero) is 1. The quantitative estimate of drug-likeness (QED) is 0.502. The molecule has 3 rings (SSSR count). The van der Waals surface area contributed by atoms with Crippen molar-refractivity contribution in [1.29, 1.82) is 0 Å². The number of thiophene rings is 1. The van der Waals surface area contributed by atoms with Crippen LogP contribution in [0.2, 0.25) is 0 Å². The zero-order valence-electron chi connectivity index (χ0n) is 13.4. The second-order valence-electron chi connectivity index (χ2n) is 5.48. The SMILES string of the molecule is Cc1cc(C(=O)CSc2nccn2C)c(C)n1Cc1cccs1. The molecule has 0 aliphatic heterocycles. The van der Waals surface area contributed by atoms with Crippen molar-refractivity contribution in [3.63, 3.8) is 0 Å². The molecule has 120 valence electrons. The Morgan fingerprint density at radius 2 is 2.22 bits per heavy atom. The maximum absolute atomic E-state index is 12.6. The van der Waals surface area contributed by atoms with Gasteiger partial charge < -0.3 is 9.13 Å². The van der Waals surface area contributed by atoms with Crippen LogP contribution in [-0.2, 0) is 13.6 Å². The van der Waals surface area contributed by atoms with Gasteiger partial charge in [0.2, 0.25) is 0 Å². The number of thioether (sulfide) groups is 1. The van der Waals surface area contributed by atoms with Crippen molar-refractivity contribution < 1.29 is 4.79 Å². The number of aryl methyl sites for hydroxylation is 2. The van der Waals surface area contributed by atoms with Crippen LogP contribution in [0.4, 0.5) is 0 Å². The van der Waals surface area contributed by atoms with Crippen molar-refractivity contribution in [2.45, 2.75) is 25.5 Å². The molecule has 0 aliphatic rings. The molecule has 4 nitrogen and oxygen atoms in total. The maximum Gasteiger partial charge on any atom is 0.175 e. The van der Waals surface area contributed by atoms with Gasteiger partial charge in [-0.05, 0) is 31.4 Å². The summed E-state index contributed by atoms with van der Waals surface area (Å²) in [6.45, 7) is 4.91. The maximum atomic E-state index is 12.6. The van der Waals surface area contributed by atoms with Gasteiger partial charge in [0.05, 0.1) is 12.3 Å². The molecule has 0 aromatic carbocycles. The summed E-state index contributed by atoms with van der Waals surface area (Å²) >= 11 is 3.22. The smallest absolute Gasteiger partial charge is 0.175 e. The van der Waals surface area contributed by atoms with Gasteiger partial charge >= 0.3 is 0 Å². The first-order valence-electron chi connectivity index (χ1n) is 7.38. The molecule has 0 N–H and O–H groups in total. The molecular formula is C17H19N3OS2. The third kappa shape index (κ3) is 3.43. The van der Waals surface area contributed by atoms with Crippen LogP contribution >= 0.6 is 23.1 Å². The van der Waals surface area contributed by atoms with E-state index in [0.717, 1.165) is 28.7 Å². The molecule has 0 fully saturated rings. The first-order chi connectivity index (χ1) is 11.1. The fourth-order valence-electron chi connectivity index (χ4n) is 2.58. The van der Waals surface area contributed by atoms with E-state index < -0.39 is 0 Å². The lowest BCUT2D eigenvalue weighted by molar-refractivity contribution is 0.102. The topological polar surface area (TPSA) is 39.8 Å². The Kier molecular flexibility index (Phi) is 4.73. The Morgan fingerprint density at radius 1 is 1.39 bits per heavy atom. The van der Waals surface area contributed by atoms with E-state index in [1.54, 1.807) is 17.5 Å². The minimum atomic E-state index is 0.156. The summed E-state index contributed by atoms with van der Waals surface area (Å²) in [4.78, 5) is 18.1. The summed E-state index contributed by atoms with van der Waals surface area (Å²) in [5.41, 5.74) is 2.99. The number of nitrogens with zero attached hydrogens (tertiary/aromatic N) is 3. The molecule has 0 bridgehead atoms. The zero-order valence-corrected chi connectivity index (χ0v) is 15.1. The second-order valence-corrected chi connectivity index (χ2v) is 7.46. The molecule has 0 radical (unpaired) electrons. The summed E-state index contributed by atoms with van der Waals surface area (Å²) < 4.78 is 4.14. The van der Waals surface area contributed by atoms with E-state index in [9.17, 15) is 4.79 Å². The monoisotopic (exact) mass is 345 g/mol. The highest BCUT2D eigenvalue weighted by atomic mass is 32.2. The Bertz CT molecular complexity index is 815. The predicted octanol–water partition coefficient (Wildman–Crippen LogP) is 3.92. The van der Waals surface area contributed by atoms with Crippen molar-refractivity contribution in [2.24, 2.45) is 7.05 Å². The Hall–Kier alpha value is -1.79. The van der Waals surface area contributed by atoms with E-state index in [4.69, 9.17) is 0 Å². The molecule has 0 atom stereocenters. The summed E-state index contributed by atoms with van der Waals surface area (Å²) in [6.07, 6.45) is 3.64. The van der Waals surface area contributed by atoms with Crippen LogP contribution in [0.25, 0.3) is 0 Å². The van der Waals surface area contributed by atoms with Gasteiger partial charge in [0.15, 0.2) is 10.9 Å². The molecule has 0 amide bonds. The van der Waals surface area contributed by atoms with Gasteiger partial charge in [-0.3, -0.25) is 4.79 Å². The molecule has 3 heterocycles. The van der Waals surface area contributed by atoms with E-state index in [1.165, 1.54) is 16.6 Å². The fraction of sp³-hybridized carbons (Fsp3) is 0.294. The van der Waals surface area contributed by atoms with E-state index in [-0.39, 0.29) is 5.78 Å². The van der Waals surface area contributed by atoms with Crippen LogP contribution in [-0.4, -0.2) is 25.7 Å². The third-order valence-electron chi connectivity index (χ3n) is 3.88. The van der Waals surface area contributed by atoms with Crippen LogP contribution in [0.15, 0.2) is 41.1 Å². The average Bonchev–Trinajstić information content (AvgIpc) is 3.23. The van der Waals surface area contributed by atoms with Crippen molar-refractivity contribution in [3.05, 3.63) is 57.8 Å². The highest BCUT2D eigenvalue weighted by Gasteiger charge is 2.17. The highest BCUT2D eigenvalue weighted by Crippen LogP contribution is 2.22. The summed E-state index contributed by atoms with van der Waals surface area (Å²) in [6, 6.07) is 6.19. The number of ketones is 1. The normalized spacial score (nSPS) is 11.1. The summed E-state index contributed by atoms with van der Waals surface area (Å²) in [5, 5.41) is 2.95. The standard InChI is InChI=1S/C17H19N3OS2/c1-12-9-15(13(2)20(12)10-14-5-4-8-22-14)16(21)11-23-17-18-6-7-19(17)3/h4-9H,10-11H2,1-3H3. The first kappa shape index (κ1) is 16.1. The number of imidazole rings is 1. The van der Waals surface area contributed by atoms with Crippen LogP contribution in [0.1, 0.15) is 26.6 Å². The summed E-state index contributed by atoms with van der Waals surface area (Å²) in [7, 11) is 1.94. The van der Waals surface area contributed by atoms with Crippen LogP contribution in [0, 0.1) is 13.8 Å². The number of carbonyl (C=O) groups is 1. The van der Waals surface area contributed by atoms with E-state index in [2.05, 4.69) is 34.0 Å². The van der Waals surface area contributed by atoms with Crippen LogP contribution in [0.3, 0.4) is 0 Å².